The lowest BCUT2D eigenvalue weighted by molar-refractivity contribution is 0.0909. The number of para-hydroxylation sites is 2. The molecule has 3 aromatic rings. The average Bonchev–Trinajstić information content (AvgIpc) is 3.36. The van der Waals surface area contributed by atoms with Crippen LogP contribution in [0.1, 0.15) is 38.4 Å². The highest BCUT2D eigenvalue weighted by Gasteiger charge is 2.23. The molecule has 7 heteroatoms. The number of thiophene rings is 1. The zero-order chi connectivity index (χ0) is 22.3. The van der Waals surface area contributed by atoms with E-state index in [-0.39, 0.29) is 17.9 Å². The van der Waals surface area contributed by atoms with Crippen molar-refractivity contribution in [3.63, 3.8) is 0 Å². The summed E-state index contributed by atoms with van der Waals surface area (Å²) in [6.07, 6.45) is 1.76. The van der Waals surface area contributed by atoms with Crippen LogP contribution in [0.2, 0.25) is 0 Å². The summed E-state index contributed by atoms with van der Waals surface area (Å²) in [6.45, 7) is 2.64. The summed E-state index contributed by atoms with van der Waals surface area (Å²) < 4.78 is 5.46. The van der Waals surface area contributed by atoms with Crippen LogP contribution in [0.3, 0.4) is 0 Å². The quantitative estimate of drug-likeness (QED) is 0.561. The number of hydrogen-bond donors (Lipinski definition) is 2. The molecule has 1 aliphatic heterocycles. The molecule has 1 fully saturated rings. The van der Waals surface area contributed by atoms with Crippen LogP contribution < -0.4 is 15.4 Å². The van der Waals surface area contributed by atoms with Crippen molar-refractivity contribution in [2.75, 3.05) is 25.5 Å². The number of anilines is 1. The van der Waals surface area contributed by atoms with Crippen molar-refractivity contribution in [3.8, 4) is 5.75 Å². The molecule has 2 heterocycles. The summed E-state index contributed by atoms with van der Waals surface area (Å²) in [7, 11) is 1.70. The number of ether oxygens (including phenoxy) is 1. The van der Waals surface area contributed by atoms with Crippen LogP contribution in [0.15, 0.2) is 66.0 Å². The number of piperidine rings is 1. The van der Waals surface area contributed by atoms with Crippen LogP contribution >= 0.6 is 11.3 Å². The number of methoxy groups -OCH3 is 1. The Hall–Kier alpha value is -3.16. The van der Waals surface area contributed by atoms with Crippen molar-refractivity contribution in [2.45, 2.75) is 25.4 Å². The molecular formula is C25H27N3O3S. The molecule has 0 saturated carbocycles. The fourth-order valence-electron chi connectivity index (χ4n) is 3.95. The summed E-state index contributed by atoms with van der Waals surface area (Å²) in [5.74, 6) is 0.546. The Labute approximate surface area is 192 Å². The second-order valence-electron chi connectivity index (χ2n) is 7.81. The molecule has 0 aliphatic carbocycles. The third kappa shape index (κ3) is 5.36. The predicted molar refractivity (Wildman–Crippen MR) is 127 cm³/mol. The van der Waals surface area contributed by atoms with Gasteiger partial charge >= 0.3 is 0 Å². The Bertz CT molecular complexity index is 1060. The standard InChI is InChI=1S/C25H27N3O3S/c1-31-22-10-5-2-7-18(22)17-28-14-12-19(13-15-28)26-24(29)20-8-3-4-9-21(20)27-25(30)23-11-6-16-32-23/h2-11,16,19H,12-15,17H2,1H3,(H,26,29)(H,27,30). The maximum absolute atomic E-state index is 13.0. The predicted octanol–water partition coefficient (Wildman–Crippen LogP) is 4.40. The van der Waals surface area contributed by atoms with Gasteiger partial charge in [-0.25, -0.2) is 0 Å². The van der Waals surface area contributed by atoms with Gasteiger partial charge < -0.3 is 15.4 Å². The van der Waals surface area contributed by atoms with E-state index in [1.165, 1.54) is 16.9 Å². The van der Waals surface area contributed by atoms with Crippen molar-refractivity contribution in [3.05, 3.63) is 82.0 Å². The lowest BCUT2D eigenvalue weighted by Crippen LogP contribution is -2.44. The molecule has 2 amide bonds. The zero-order valence-electron chi connectivity index (χ0n) is 18.0. The van der Waals surface area contributed by atoms with Gasteiger partial charge in [0.15, 0.2) is 0 Å². The Morgan fingerprint density at radius 2 is 1.75 bits per heavy atom. The van der Waals surface area contributed by atoms with Crippen LogP contribution in [0.4, 0.5) is 5.69 Å². The largest absolute Gasteiger partial charge is 0.496 e. The van der Waals surface area contributed by atoms with Crippen LogP contribution in [0, 0.1) is 0 Å². The molecule has 166 valence electrons. The van der Waals surface area contributed by atoms with E-state index in [9.17, 15) is 9.59 Å². The van der Waals surface area contributed by atoms with Crippen molar-refractivity contribution >= 4 is 28.8 Å². The lowest BCUT2D eigenvalue weighted by Gasteiger charge is -2.32. The van der Waals surface area contributed by atoms with Crippen molar-refractivity contribution in [1.29, 1.82) is 0 Å². The second kappa shape index (κ2) is 10.4. The van der Waals surface area contributed by atoms with Gasteiger partial charge in [-0.2, -0.15) is 0 Å². The highest BCUT2D eigenvalue weighted by Crippen LogP contribution is 2.22. The fourth-order valence-corrected chi connectivity index (χ4v) is 4.57. The molecule has 1 saturated heterocycles. The summed E-state index contributed by atoms with van der Waals surface area (Å²) in [5, 5.41) is 7.87. The maximum atomic E-state index is 13.0. The van der Waals surface area contributed by atoms with E-state index in [1.54, 1.807) is 25.3 Å². The molecule has 0 unspecified atom stereocenters. The first-order valence-electron chi connectivity index (χ1n) is 10.7. The summed E-state index contributed by atoms with van der Waals surface area (Å²) >= 11 is 1.37. The Kier molecular flexibility index (Phi) is 7.19. The molecule has 2 N–H and O–H groups in total. The third-order valence-electron chi connectivity index (χ3n) is 5.67. The molecule has 0 spiro atoms. The third-order valence-corrected chi connectivity index (χ3v) is 6.54. The van der Waals surface area contributed by atoms with Gasteiger partial charge in [-0.15, -0.1) is 11.3 Å². The van der Waals surface area contributed by atoms with Crippen LogP contribution in [-0.2, 0) is 6.54 Å². The number of amides is 2. The number of carbonyl (C=O) groups is 2. The first-order chi connectivity index (χ1) is 15.6. The number of hydrogen-bond acceptors (Lipinski definition) is 5. The van der Waals surface area contributed by atoms with Gasteiger partial charge in [0.2, 0.25) is 0 Å². The van der Waals surface area contributed by atoms with Gasteiger partial charge in [0.25, 0.3) is 11.8 Å². The summed E-state index contributed by atoms with van der Waals surface area (Å²) in [6, 6.07) is 18.9. The smallest absolute Gasteiger partial charge is 0.265 e. The van der Waals surface area contributed by atoms with Crippen LogP contribution in [0.25, 0.3) is 0 Å². The molecule has 0 bridgehead atoms. The molecule has 32 heavy (non-hydrogen) atoms. The number of nitrogens with one attached hydrogen (secondary N) is 2. The van der Waals surface area contributed by atoms with E-state index in [4.69, 9.17) is 4.74 Å². The van der Waals surface area contributed by atoms with E-state index in [0.717, 1.165) is 38.2 Å². The van der Waals surface area contributed by atoms with Gasteiger partial charge in [-0.3, -0.25) is 14.5 Å². The number of nitrogens with zero attached hydrogens (tertiary/aromatic N) is 1. The maximum Gasteiger partial charge on any atom is 0.265 e. The molecule has 1 aromatic heterocycles. The van der Waals surface area contributed by atoms with Gasteiger partial charge in [-0.1, -0.05) is 36.4 Å². The average molecular weight is 450 g/mol. The van der Waals surface area contributed by atoms with Crippen LogP contribution in [-0.4, -0.2) is 43.0 Å². The number of rotatable bonds is 7. The highest BCUT2D eigenvalue weighted by atomic mass is 32.1. The number of likely N-dealkylation sites (tertiary alicyclic amines) is 1. The van der Waals surface area contributed by atoms with Gasteiger partial charge in [0.05, 0.1) is 23.2 Å². The minimum absolute atomic E-state index is 0.109. The van der Waals surface area contributed by atoms with E-state index < -0.39 is 0 Å². The second-order valence-corrected chi connectivity index (χ2v) is 8.76. The molecule has 2 aromatic carbocycles. The normalized spacial score (nSPS) is 14.7. The number of carbonyl (C=O) groups excluding carboxylic acids is 2. The SMILES string of the molecule is COc1ccccc1CN1CCC(NC(=O)c2ccccc2NC(=O)c2cccs2)CC1. The first-order valence-corrected chi connectivity index (χ1v) is 11.6. The molecular weight excluding hydrogens is 422 g/mol. The van der Waals surface area contributed by atoms with Crippen LogP contribution in [0.5, 0.6) is 5.75 Å². The number of benzene rings is 2. The molecule has 4 rings (SSSR count). The Balaban J connectivity index is 1.33. The fraction of sp³-hybridized carbons (Fsp3) is 0.280. The Morgan fingerprint density at radius 3 is 2.50 bits per heavy atom. The van der Waals surface area contributed by atoms with Gasteiger partial charge in [0.1, 0.15) is 5.75 Å². The monoisotopic (exact) mass is 449 g/mol. The molecule has 0 atom stereocenters. The first kappa shape index (κ1) is 22.0. The van der Waals surface area contributed by atoms with E-state index in [0.29, 0.717) is 16.1 Å². The minimum Gasteiger partial charge on any atom is -0.496 e. The van der Waals surface area contributed by atoms with E-state index in [2.05, 4.69) is 21.6 Å². The lowest BCUT2D eigenvalue weighted by atomic mass is 10.0. The van der Waals surface area contributed by atoms with Crippen molar-refractivity contribution < 1.29 is 14.3 Å². The molecule has 6 nitrogen and oxygen atoms in total. The summed E-state index contributed by atoms with van der Waals surface area (Å²) in [4.78, 5) is 28.4. The highest BCUT2D eigenvalue weighted by molar-refractivity contribution is 7.12. The van der Waals surface area contributed by atoms with Crippen molar-refractivity contribution in [1.82, 2.24) is 10.2 Å². The van der Waals surface area contributed by atoms with Crippen molar-refractivity contribution in [2.24, 2.45) is 0 Å². The van der Waals surface area contributed by atoms with Gasteiger partial charge in [-0.05, 0) is 42.5 Å². The van der Waals surface area contributed by atoms with E-state index >= 15 is 0 Å². The molecule has 0 radical (unpaired) electrons. The molecule has 1 aliphatic rings. The topological polar surface area (TPSA) is 70.7 Å². The van der Waals surface area contributed by atoms with E-state index in [1.807, 2.05) is 41.8 Å². The minimum atomic E-state index is -0.204. The Morgan fingerprint density at radius 1 is 1.00 bits per heavy atom. The van der Waals surface area contributed by atoms with Gasteiger partial charge in [0, 0.05) is 31.2 Å². The summed E-state index contributed by atoms with van der Waals surface area (Å²) in [5.41, 5.74) is 2.18. The zero-order valence-corrected chi connectivity index (χ0v) is 18.9.